The van der Waals surface area contributed by atoms with E-state index in [1.807, 2.05) is 28.8 Å². The van der Waals surface area contributed by atoms with E-state index in [0.29, 0.717) is 79.2 Å². The van der Waals surface area contributed by atoms with Crippen LogP contribution in [0.4, 0.5) is 0 Å². The molecule has 13 nitrogen and oxygen atoms in total. The Balaban J connectivity index is 1.55. The van der Waals surface area contributed by atoms with Gasteiger partial charge >= 0.3 is 5.97 Å². The first kappa shape index (κ1) is 36.7. The average Bonchev–Trinajstić information content (AvgIpc) is 3.52. The lowest BCUT2D eigenvalue weighted by atomic mass is 9.84. The minimum atomic E-state index is -0.994. The van der Waals surface area contributed by atoms with Gasteiger partial charge in [-0.25, -0.2) is 4.79 Å². The van der Waals surface area contributed by atoms with Crippen LogP contribution in [0.15, 0.2) is 48.7 Å². The van der Waals surface area contributed by atoms with Crippen molar-refractivity contribution in [2.24, 2.45) is 0 Å². The van der Waals surface area contributed by atoms with Gasteiger partial charge in [0.1, 0.15) is 28.7 Å². The summed E-state index contributed by atoms with van der Waals surface area (Å²) in [6.45, 7) is 1.97. The van der Waals surface area contributed by atoms with E-state index in [0.717, 1.165) is 0 Å². The molecule has 51 heavy (non-hydrogen) atoms. The largest absolute Gasteiger partial charge is 0.507 e. The number of rotatable bonds is 10. The Bertz CT molecular complexity index is 1890. The van der Waals surface area contributed by atoms with Gasteiger partial charge in [0.25, 0.3) is 0 Å². The maximum absolute atomic E-state index is 13.7. The Morgan fingerprint density at radius 2 is 1.78 bits per heavy atom. The van der Waals surface area contributed by atoms with Gasteiger partial charge in [0.2, 0.25) is 11.7 Å². The smallest absolute Gasteiger partial charge is 0.342 e. The monoisotopic (exact) mass is 700 g/mol. The number of hydrogen-bond acceptors (Lipinski definition) is 11. The maximum Gasteiger partial charge on any atom is 0.342 e. The minimum Gasteiger partial charge on any atom is -0.507 e. The lowest BCUT2D eigenvalue weighted by molar-refractivity contribution is -0.121. The molecule has 4 aromatic rings. The quantitative estimate of drug-likeness (QED) is 0.178. The number of benzene rings is 2. The number of fused-ring (bicyclic) bond motifs is 2. The van der Waals surface area contributed by atoms with E-state index < -0.39 is 29.6 Å². The fourth-order valence-corrected chi connectivity index (χ4v) is 6.34. The molecule has 0 fully saturated rings. The molecule has 2 atom stereocenters. The van der Waals surface area contributed by atoms with Crippen LogP contribution in [0.2, 0.25) is 0 Å². The molecule has 0 bridgehead atoms. The van der Waals surface area contributed by atoms with E-state index in [9.17, 15) is 24.6 Å². The molecular formula is C38H44N4O9. The first-order valence-corrected chi connectivity index (χ1v) is 17.0. The van der Waals surface area contributed by atoms with Gasteiger partial charge in [0.05, 0.1) is 27.4 Å². The van der Waals surface area contributed by atoms with Crippen molar-refractivity contribution in [1.29, 1.82) is 0 Å². The predicted octanol–water partition coefficient (Wildman–Crippen LogP) is 5.53. The summed E-state index contributed by atoms with van der Waals surface area (Å²) in [4.78, 5) is 39.6. The van der Waals surface area contributed by atoms with Crippen LogP contribution in [0, 0.1) is 0 Å². The molecule has 3 N–H and O–H groups in total. The van der Waals surface area contributed by atoms with E-state index in [1.54, 1.807) is 31.2 Å². The van der Waals surface area contributed by atoms with Gasteiger partial charge in [-0.05, 0) is 74.1 Å². The second kappa shape index (κ2) is 16.9. The van der Waals surface area contributed by atoms with Crippen LogP contribution in [0.5, 0.6) is 28.7 Å². The molecule has 3 heterocycles. The number of amides is 1. The Morgan fingerprint density at radius 1 is 1.04 bits per heavy atom. The number of carbonyl (C=O) groups excluding carboxylic acids is 3. The summed E-state index contributed by atoms with van der Waals surface area (Å²) in [5, 5.41) is 34.8. The van der Waals surface area contributed by atoms with Crippen LogP contribution in [0.25, 0.3) is 11.7 Å². The number of aromatic nitrogens is 3. The SMILES string of the molecule is COc1cc(C(CC(=O)NCCc2nnc3ccccn23)c2c(O)cc3c(c2O)C(=O)O[C@@H](C)CCCC(=O)CCC/C=C/3)cc(OC)c1OC. The number of ether oxygens (including phenoxy) is 4. The molecule has 2 aromatic carbocycles. The fourth-order valence-electron chi connectivity index (χ4n) is 6.34. The van der Waals surface area contributed by atoms with Crippen molar-refractivity contribution < 1.29 is 43.5 Å². The highest BCUT2D eigenvalue weighted by Crippen LogP contribution is 2.47. The molecule has 0 aliphatic carbocycles. The number of allylic oxidation sites excluding steroid dienone is 1. The molecule has 5 rings (SSSR count). The predicted molar refractivity (Wildman–Crippen MR) is 189 cm³/mol. The van der Waals surface area contributed by atoms with Crippen molar-refractivity contribution in [2.45, 2.75) is 70.3 Å². The number of esters is 1. The van der Waals surface area contributed by atoms with Crippen LogP contribution in [-0.2, 0) is 20.7 Å². The fraction of sp³-hybridized carbons (Fsp3) is 0.395. The lowest BCUT2D eigenvalue weighted by Gasteiger charge is -2.24. The number of nitrogens with zero attached hydrogens (tertiary/aromatic N) is 3. The first-order valence-electron chi connectivity index (χ1n) is 17.0. The van der Waals surface area contributed by atoms with Crippen LogP contribution >= 0.6 is 0 Å². The van der Waals surface area contributed by atoms with E-state index in [2.05, 4.69) is 15.5 Å². The zero-order valence-electron chi connectivity index (χ0n) is 29.3. The number of phenols is 2. The molecule has 2 aromatic heterocycles. The summed E-state index contributed by atoms with van der Waals surface area (Å²) in [7, 11) is 4.38. The van der Waals surface area contributed by atoms with Crippen molar-refractivity contribution in [1.82, 2.24) is 19.9 Å². The Kier molecular flexibility index (Phi) is 12.1. The van der Waals surface area contributed by atoms with E-state index in [4.69, 9.17) is 18.9 Å². The van der Waals surface area contributed by atoms with Crippen molar-refractivity contribution in [3.05, 3.63) is 76.7 Å². The van der Waals surface area contributed by atoms with Crippen molar-refractivity contribution in [2.75, 3.05) is 27.9 Å². The summed E-state index contributed by atoms with van der Waals surface area (Å²) in [5.74, 6) is -1.31. The number of nitrogens with one attached hydrogen (secondary N) is 1. The minimum absolute atomic E-state index is 0.0497. The van der Waals surface area contributed by atoms with E-state index >= 15 is 0 Å². The second-order valence-electron chi connectivity index (χ2n) is 12.4. The van der Waals surface area contributed by atoms with Gasteiger partial charge in [-0.15, -0.1) is 10.2 Å². The van der Waals surface area contributed by atoms with Crippen LogP contribution in [-0.4, -0.2) is 76.4 Å². The molecule has 0 radical (unpaired) electrons. The molecule has 1 unspecified atom stereocenters. The van der Waals surface area contributed by atoms with Crippen LogP contribution in [0.1, 0.15) is 90.7 Å². The maximum atomic E-state index is 13.7. The summed E-state index contributed by atoms with van der Waals surface area (Å²) in [6, 6.07) is 10.2. The average molecular weight is 701 g/mol. The van der Waals surface area contributed by atoms with Gasteiger partial charge in [-0.3, -0.25) is 14.0 Å². The molecule has 1 aliphatic rings. The first-order chi connectivity index (χ1) is 24.6. The van der Waals surface area contributed by atoms with Gasteiger partial charge < -0.3 is 34.5 Å². The number of ketones is 1. The highest BCUT2D eigenvalue weighted by Gasteiger charge is 2.32. The lowest BCUT2D eigenvalue weighted by Crippen LogP contribution is -2.28. The molecule has 0 spiro atoms. The van der Waals surface area contributed by atoms with Gasteiger partial charge in [0, 0.05) is 49.9 Å². The Morgan fingerprint density at radius 3 is 2.51 bits per heavy atom. The van der Waals surface area contributed by atoms with Gasteiger partial charge in [-0.2, -0.15) is 0 Å². The summed E-state index contributed by atoms with van der Waals surface area (Å²) in [5.41, 5.74) is 1.17. The summed E-state index contributed by atoms with van der Waals surface area (Å²) in [6.07, 6.45) is 7.92. The number of hydrogen-bond donors (Lipinski definition) is 3. The topological polar surface area (TPSA) is 171 Å². The van der Waals surface area contributed by atoms with Crippen molar-refractivity contribution in [3.63, 3.8) is 0 Å². The zero-order valence-corrected chi connectivity index (χ0v) is 29.3. The zero-order chi connectivity index (χ0) is 36.5. The van der Waals surface area contributed by atoms with E-state index in [-0.39, 0.29) is 41.2 Å². The van der Waals surface area contributed by atoms with Gasteiger partial charge in [-0.1, -0.05) is 18.2 Å². The van der Waals surface area contributed by atoms with Crippen LogP contribution < -0.4 is 19.5 Å². The molecule has 1 amide bonds. The molecule has 1 aliphatic heterocycles. The summed E-state index contributed by atoms with van der Waals surface area (Å²) >= 11 is 0. The van der Waals surface area contributed by atoms with Crippen molar-refractivity contribution >= 4 is 29.4 Å². The second-order valence-corrected chi connectivity index (χ2v) is 12.4. The third-order valence-corrected chi connectivity index (χ3v) is 8.93. The number of pyridine rings is 1. The van der Waals surface area contributed by atoms with Crippen LogP contribution in [0.3, 0.4) is 0 Å². The Hall–Kier alpha value is -5.59. The number of phenolic OH excluding ortho intramolecular Hbond substituents is 2. The highest BCUT2D eigenvalue weighted by molar-refractivity contribution is 5.98. The molecular weight excluding hydrogens is 656 g/mol. The number of cyclic esters (lactones) is 1. The molecule has 13 heteroatoms. The Labute approximate surface area is 296 Å². The summed E-state index contributed by atoms with van der Waals surface area (Å²) < 4.78 is 24.3. The standard InChI is InChI=1S/C38H44N4O9/c1-23-11-10-14-26(43)13-7-5-6-12-24-19-28(44)35(36(46)34(24)38(47)51-23)27(25-20-29(48-2)37(50-4)30(21-25)49-3)22-33(45)39-17-16-32-41-40-31-15-8-9-18-42(31)32/h6,8-9,12,15,18-21,23,27,44,46H,5,7,10-11,13-14,16-17,22H2,1-4H3,(H,39,45)/b12-6+/t23-,27?/m0/s1. The normalized spacial score (nSPS) is 16.7. The third kappa shape index (κ3) is 8.59. The number of methoxy groups -OCH3 is 3. The number of carbonyl (C=O) groups is 3. The molecule has 0 saturated carbocycles. The molecule has 0 saturated heterocycles. The number of Topliss-reactive ketones (excluding diaryl/α,β-unsaturated/α-hetero) is 1. The third-order valence-electron chi connectivity index (χ3n) is 8.93. The highest BCUT2D eigenvalue weighted by atomic mass is 16.5. The van der Waals surface area contributed by atoms with E-state index in [1.165, 1.54) is 27.4 Å². The van der Waals surface area contributed by atoms with Gasteiger partial charge in [0.15, 0.2) is 17.1 Å². The molecule has 270 valence electrons. The van der Waals surface area contributed by atoms with Crippen molar-refractivity contribution in [3.8, 4) is 28.7 Å². The number of aromatic hydroxyl groups is 2.